The third-order valence-electron chi connectivity index (χ3n) is 3.95. The molecule has 0 spiro atoms. The van der Waals surface area contributed by atoms with Gasteiger partial charge in [-0.2, -0.15) is 0 Å². The van der Waals surface area contributed by atoms with Crippen LogP contribution in [0.3, 0.4) is 0 Å². The second kappa shape index (κ2) is 5.10. The molecule has 7 heteroatoms. The van der Waals surface area contributed by atoms with Crippen molar-refractivity contribution in [1.29, 1.82) is 0 Å². The number of hydrogen-bond donors (Lipinski definition) is 2. The highest BCUT2D eigenvalue weighted by atomic mass is 16.5. The van der Waals surface area contributed by atoms with Crippen LogP contribution in [0.25, 0.3) is 11.0 Å². The first-order valence-electron chi connectivity index (χ1n) is 7.27. The first-order chi connectivity index (χ1) is 11.9. The molecule has 1 aromatic heterocycles. The van der Waals surface area contributed by atoms with E-state index in [1.54, 1.807) is 24.3 Å². The van der Waals surface area contributed by atoms with Crippen molar-refractivity contribution in [3.8, 4) is 11.5 Å². The van der Waals surface area contributed by atoms with Crippen molar-refractivity contribution in [2.45, 2.75) is 5.79 Å². The molecular formula is C18H10O7. The van der Waals surface area contributed by atoms with Gasteiger partial charge < -0.3 is 19.4 Å². The lowest BCUT2D eigenvalue weighted by Crippen LogP contribution is -2.40. The van der Waals surface area contributed by atoms with Crippen molar-refractivity contribution in [3.63, 3.8) is 0 Å². The molecule has 0 radical (unpaired) electrons. The smallest absolute Gasteiger partial charge is 0.339 e. The number of aliphatic hydroxyl groups is 2. The number of rotatable bonds is 2. The van der Waals surface area contributed by atoms with Crippen molar-refractivity contribution >= 4 is 22.5 Å². The molecule has 0 aliphatic heterocycles. The molecule has 4 rings (SSSR count). The van der Waals surface area contributed by atoms with Crippen LogP contribution in [0.15, 0.2) is 57.7 Å². The molecule has 2 aromatic carbocycles. The van der Waals surface area contributed by atoms with Gasteiger partial charge in [-0.1, -0.05) is 12.1 Å². The summed E-state index contributed by atoms with van der Waals surface area (Å²) in [6.07, 6.45) is 0. The van der Waals surface area contributed by atoms with E-state index in [0.29, 0.717) is 11.0 Å². The van der Waals surface area contributed by atoms with Crippen molar-refractivity contribution in [2.24, 2.45) is 0 Å². The maximum atomic E-state index is 12.0. The van der Waals surface area contributed by atoms with Gasteiger partial charge in [0.15, 0.2) is 0 Å². The molecule has 0 bridgehead atoms. The molecule has 1 heterocycles. The van der Waals surface area contributed by atoms with Gasteiger partial charge in [0.25, 0.3) is 5.79 Å². The third-order valence-corrected chi connectivity index (χ3v) is 3.95. The number of ketones is 2. The summed E-state index contributed by atoms with van der Waals surface area (Å²) in [5, 5.41) is 19.7. The number of para-hydroxylation sites is 1. The van der Waals surface area contributed by atoms with E-state index in [9.17, 15) is 24.6 Å². The van der Waals surface area contributed by atoms with Crippen LogP contribution in [0, 0.1) is 0 Å². The highest BCUT2D eigenvalue weighted by Crippen LogP contribution is 2.34. The van der Waals surface area contributed by atoms with Gasteiger partial charge in [0.2, 0.25) is 11.6 Å². The Labute approximate surface area is 139 Å². The molecule has 0 saturated carbocycles. The standard InChI is InChI=1S/C18H10O7/c19-15-8-14(11-3-1-2-4-13(11)25-15)24-9-5-6-10-12(7-9)17(21)18(22,23)16(10)20/h1-8,22-23H. The monoisotopic (exact) mass is 338 g/mol. The minimum atomic E-state index is -3.05. The summed E-state index contributed by atoms with van der Waals surface area (Å²) in [6.45, 7) is 0. The van der Waals surface area contributed by atoms with Crippen LogP contribution in [-0.4, -0.2) is 27.6 Å². The maximum absolute atomic E-state index is 12.0. The van der Waals surface area contributed by atoms with E-state index in [1.807, 2.05) is 0 Å². The summed E-state index contributed by atoms with van der Waals surface area (Å²) >= 11 is 0. The SMILES string of the molecule is O=C1c2ccc(Oc3cc(=O)oc4ccccc34)cc2C(=O)C1(O)O. The van der Waals surface area contributed by atoms with Gasteiger partial charge in [-0.15, -0.1) is 0 Å². The minimum Gasteiger partial charge on any atom is -0.456 e. The number of carbonyl (C=O) groups excluding carboxylic acids is 2. The van der Waals surface area contributed by atoms with Crippen LogP contribution in [0.5, 0.6) is 11.5 Å². The van der Waals surface area contributed by atoms with Crippen LogP contribution in [-0.2, 0) is 0 Å². The Balaban J connectivity index is 1.80. The highest BCUT2D eigenvalue weighted by molar-refractivity contribution is 6.30. The predicted molar refractivity (Wildman–Crippen MR) is 84.8 cm³/mol. The molecule has 0 amide bonds. The molecule has 2 N–H and O–H groups in total. The molecule has 25 heavy (non-hydrogen) atoms. The lowest BCUT2D eigenvalue weighted by molar-refractivity contribution is -0.0857. The van der Waals surface area contributed by atoms with Crippen LogP contribution in [0.1, 0.15) is 20.7 Å². The number of ether oxygens (including phenoxy) is 1. The first kappa shape index (κ1) is 15.3. The Hall–Kier alpha value is -3.29. The van der Waals surface area contributed by atoms with Crippen LogP contribution in [0.4, 0.5) is 0 Å². The van der Waals surface area contributed by atoms with Gasteiger partial charge in [-0.05, 0) is 30.3 Å². The van der Waals surface area contributed by atoms with Gasteiger partial charge in [0, 0.05) is 11.1 Å². The van der Waals surface area contributed by atoms with Crippen LogP contribution < -0.4 is 10.4 Å². The van der Waals surface area contributed by atoms with Crippen molar-refractivity contribution in [3.05, 3.63) is 70.1 Å². The Kier molecular flexibility index (Phi) is 3.11. The van der Waals surface area contributed by atoms with Crippen LogP contribution >= 0.6 is 0 Å². The number of benzene rings is 2. The normalized spacial score (nSPS) is 15.4. The van der Waals surface area contributed by atoms with E-state index in [2.05, 4.69) is 0 Å². The summed E-state index contributed by atoms with van der Waals surface area (Å²) < 4.78 is 10.7. The number of carbonyl (C=O) groups is 2. The molecule has 0 saturated heterocycles. The summed E-state index contributed by atoms with van der Waals surface area (Å²) in [6, 6.07) is 11.8. The lowest BCUT2D eigenvalue weighted by atomic mass is 10.1. The number of fused-ring (bicyclic) bond motifs is 2. The topological polar surface area (TPSA) is 114 Å². The molecule has 1 aliphatic rings. The summed E-state index contributed by atoms with van der Waals surface area (Å²) in [4.78, 5) is 35.4. The Morgan fingerprint density at radius 2 is 1.60 bits per heavy atom. The molecule has 0 unspecified atom stereocenters. The maximum Gasteiger partial charge on any atom is 0.339 e. The second-order valence-electron chi connectivity index (χ2n) is 5.57. The Bertz CT molecular complexity index is 1110. The van der Waals surface area contributed by atoms with Gasteiger partial charge in [0.1, 0.15) is 17.1 Å². The molecule has 7 nitrogen and oxygen atoms in total. The van der Waals surface area contributed by atoms with Gasteiger partial charge in [-0.3, -0.25) is 9.59 Å². The van der Waals surface area contributed by atoms with Crippen LogP contribution in [0.2, 0.25) is 0 Å². The largest absolute Gasteiger partial charge is 0.456 e. The van der Waals surface area contributed by atoms with Crippen molar-refractivity contribution in [2.75, 3.05) is 0 Å². The fourth-order valence-electron chi connectivity index (χ4n) is 2.74. The fraction of sp³-hybridized carbons (Fsp3) is 0.0556. The summed E-state index contributed by atoms with van der Waals surface area (Å²) in [5.41, 5.74) is -0.521. The second-order valence-corrected chi connectivity index (χ2v) is 5.57. The van der Waals surface area contributed by atoms with Gasteiger partial charge in [-0.25, -0.2) is 4.79 Å². The quantitative estimate of drug-likeness (QED) is 0.415. The molecule has 0 fully saturated rings. The molecule has 0 atom stereocenters. The molecule has 3 aromatic rings. The fourth-order valence-corrected chi connectivity index (χ4v) is 2.74. The average molecular weight is 338 g/mol. The van der Waals surface area contributed by atoms with E-state index >= 15 is 0 Å². The van der Waals surface area contributed by atoms with E-state index in [0.717, 1.165) is 6.07 Å². The lowest BCUT2D eigenvalue weighted by Gasteiger charge is -2.09. The third kappa shape index (κ3) is 2.25. The first-order valence-corrected chi connectivity index (χ1v) is 7.27. The Morgan fingerprint density at radius 1 is 0.880 bits per heavy atom. The molecule has 1 aliphatic carbocycles. The van der Waals surface area contributed by atoms with E-state index in [-0.39, 0.29) is 22.6 Å². The van der Waals surface area contributed by atoms with Crippen molar-refractivity contribution < 1.29 is 29.0 Å². The molecular weight excluding hydrogens is 328 g/mol. The summed E-state index contributed by atoms with van der Waals surface area (Å²) in [5.74, 6) is -4.88. The highest BCUT2D eigenvalue weighted by Gasteiger charge is 2.51. The Morgan fingerprint density at radius 3 is 2.40 bits per heavy atom. The van der Waals surface area contributed by atoms with E-state index < -0.39 is 23.0 Å². The molecule has 124 valence electrons. The zero-order chi connectivity index (χ0) is 17.8. The average Bonchev–Trinajstić information content (AvgIpc) is 2.75. The van der Waals surface area contributed by atoms with Crippen molar-refractivity contribution in [1.82, 2.24) is 0 Å². The van der Waals surface area contributed by atoms with Gasteiger partial charge in [0.05, 0.1) is 11.5 Å². The minimum absolute atomic E-state index is 0.0974. The number of hydrogen-bond acceptors (Lipinski definition) is 7. The van der Waals surface area contributed by atoms with E-state index in [1.165, 1.54) is 18.2 Å². The predicted octanol–water partition coefficient (Wildman–Crippen LogP) is 1.65. The summed E-state index contributed by atoms with van der Waals surface area (Å²) in [7, 11) is 0. The zero-order valence-corrected chi connectivity index (χ0v) is 12.6. The number of Topliss-reactive ketones (excluding diaryl/α,β-unsaturated/α-hetero) is 2. The zero-order valence-electron chi connectivity index (χ0n) is 12.6. The van der Waals surface area contributed by atoms with E-state index in [4.69, 9.17) is 9.15 Å². The van der Waals surface area contributed by atoms with Gasteiger partial charge >= 0.3 is 5.63 Å².